The Morgan fingerprint density at radius 2 is 1.68 bits per heavy atom. The van der Waals surface area contributed by atoms with Gasteiger partial charge in [-0.15, -0.1) is 5.10 Å². The minimum Gasteiger partial charge on any atom is -0.497 e. The predicted molar refractivity (Wildman–Crippen MR) is 103 cm³/mol. The second-order valence-corrected chi connectivity index (χ2v) is 6.26. The number of aryl methyl sites for hydroxylation is 2. The fourth-order valence-corrected chi connectivity index (χ4v) is 3.02. The van der Waals surface area contributed by atoms with Gasteiger partial charge in [-0.05, 0) is 42.3 Å². The molecule has 0 bridgehead atoms. The van der Waals surface area contributed by atoms with Crippen molar-refractivity contribution >= 4 is 5.78 Å². The number of ether oxygens (including phenoxy) is 2. The summed E-state index contributed by atoms with van der Waals surface area (Å²) < 4.78 is 26.3. The molecule has 28 heavy (non-hydrogen) atoms. The molecule has 0 radical (unpaired) electrons. The molecule has 2 aromatic carbocycles. The highest BCUT2D eigenvalue weighted by molar-refractivity contribution is 5.63. The standard InChI is InChI=1S/C21H19FN4O2/c1-27-15-6-3-14(4-7-15)5-10-20-24-21-23-12-11-19(26(21)25-20)17-9-8-16(28-2)13-18(17)22/h3-4,6-9,11-13H,5,10H2,1-2H3. The van der Waals surface area contributed by atoms with Crippen molar-refractivity contribution in [1.82, 2.24) is 19.6 Å². The minimum atomic E-state index is -0.387. The molecule has 7 heteroatoms. The number of hydrogen-bond acceptors (Lipinski definition) is 5. The molecular weight excluding hydrogens is 359 g/mol. The van der Waals surface area contributed by atoms with Gasteiger partial charge in [0.15, 0.2) is 5.82 Å². The molecule has 2 heterocycles. The van der Waals surface area contributed by atoms with E-state index in [0.717, 1.165) is 17.7 Å². The molecule has 0 saturated carbocycles. The first kappa shape index (κ1) is 17.9. The predicted octanol–water partition coefficient (Wildman–Crippen LogP) is 3.73. The van der Waals surface area contributed by atoms with E-state index < -0.39 is 0 Å². The van der Waals surface area contributed by atoms with Crippen LogP contribution in [-0.2, 0) is 12.8 Å². The number of methoxy groups -OCH3 is 2. The summed E-state index contributed by atoms with van der Waals surface area (Å²) in [4.78, 5) is 8.73. The third-order valence-electron chi connectivity index (χ3n) is 4.53. The first-order valence-corrected chi connectivity index (χ1v) is 8.85. The number of nitrogens with zero attached hydrogens (tertiary/aromatic N) is 4. The SMILES string of the molecule is COc1ccc(CCc2nc3nccc(-c4ccc(OC)cc4F)n3n2)cc1. The Kier molecular flexibility index (Phi) is 4.89. The van der Waals surface area contributed by atoms with E-state index in [1.807, 2.05) is 24.3 Å². The van der Waals surface area contributed by atoms with E-state index in [0.29, 0.717) is 35.0 Å². The molecule has 142 valence electrons. The Bertz CT molecular complexity index is 1110. The van der Waals surface area contributed by atoms with Gasteiger partial charge in [0.25, 0.3) is 5.78 Å². The van der Waals surface area contributed by atoms with Gasteiger partial charge in [-0.2, -0.15) is 9.50 Å². The molecule has 2 aromatic heterocycles. The van der Waals surface area contributed by atoms with E-state index in [-0.39, 0.29) is 5.82 Å². The molecule has 6 nitrogen and oxygen atoms in total. The van der Waals surface area contributed by atoms with Gasteiger partial charge in [0.2, 0.25) is 0 Å². The van der Waals surface area contributed by atoms with Gasteiger partial charge in [0.1, 0.15) is 17.3 Å². The summed E-state index contributed by atoms with van der Waals surface area (Å²) in [7, 11) is 3.15. The van der Waals surface area contributed by atoms with Crippen LogP contribution in [0.15, 0.2) is 54.7 Å². The fraction of sp³-hybridized carbons (Fsp3) is 0.190. The maximum Gasteiger partial charge on any atom is 0.252 e. The van der Waals surface area contributed by atoms with E-state index >= 15 is 0 Å². The number of benzene rings is 2. The van der Waals surface area contributed by atoms with Crippen molar-refractivity contribution < 1.29 is 13.9 Å². The van der Waals surface area contributed by atoms with Crippen LogP contribution in [0.25, 0.3) is 17.0 Å². The molecule has 0 amide bonds. The molecule has 0 aliphatic heterocycles. The summed E-state index contributed by atoms with van der Waals surface area (Å²) in [5.74, 6) is 2.00. The average molecular weight is 378 g/mol. The second kappa shape index (κ2) is 7.64. The van der Waals surface area contributed by atoms with Crippen molar-refractivity contribution in [3.63, 3.8) is 0 Å². The van der Waals surface area contributed by atoms with Crippen molar-refractivity contribution in [2.24, 2.45) is 0 Å². The van der Waals surface area contributed by atoms with Crippen LogP contribution in [0.5, 0.6) is 11.5 Å². The zero-order valence-corrected chi connectivity index (χ0v) is 15.6. The summed E-state index contributed by atoms with van der Waals surface area (Å²) in [6, 6.07) is 14.4. The van der Waals surface area contributed by atoms with Gasteiger partial charge in [0, 0.05) is 24.2 Å². The van der Waals surface area contributed by atoms with Gasteiger partial charge in [0.05, 0.1) is 19.9 Å². The van der Waals surface area contributed by atoms with Gasteiger partial charge < -0.3 is 9.47 Å². The van der Waals surface area contributed by atoms with Crippen molar-refractivity contribution in [3.05, 3.63) is 71.9 Å². The lowest BCUT2D eigenvalue weighted by Gasteiger charge is -2.07. The first-order valence-electron chi connectivity index (χ1n) is 8.85. The molecule has 0 N–H and O–H groups in total. The van der Waals surface area contributed by atoms with Crippen LogP contribution in [0, 0.1) is 5.82 Å². The van der Waals surface area contributed by atoms with Crippen molar-refractivity contribution in [2.45, 2.75) is 12.8 Å². The third kappa shape index (κ3) is 3.51. The molecule has 4 aromatic rings. The van der Waals surface area contributed by atoms with E-state index in [4.69, 9.17) is 9.47 Å². The topological polar surface area (TPSA) is 61.5 Å². The van der Waals surface area contributed by atoms with Gasteiger partial charge in [-0.25, -0.2) is 9.37 Å². The molecule has 0 aliphatic rings. The molecule has 0 fully saturated rings. The van der Waals surface area contributed by atoms with Crippen molar-refractivity contribution in [1.29, 1.82) is 0 Å². The first-order chi connectivity index (χ1) is 13.7. The number of aromatic nitrogens is 4. The molecule has 0 spiro atoms. The lowest BCUT2D eigenvalue weighted by Crippen LogP contribution is -1.99. The molecular formula is C21H19FN4O2. The zero-order chi connectivity index (χ0) is 19.5. The molecule has 0 unspecified atom stereocenters. The Labute approximate surface area is 161 Å². The van der Waals surface area contributed by atoms with Gasteiger partial charge in [-0.3, -0.25) is 0 Å². The van der Waals surface area contributed by atoms with E-state index in [1.54, 1.807) is 36.0 Å². The number of rotatable bonds is 6. The summed E-state index contributed by atoms with van der Waals surface area (Å²) in [6.07, 6.45) is 3.05. The number of fused-ring (bicyclic) bond motifs is 1. The van der Waals surface area contributed by atoms with Crippen molar-refractivity contribution in [3.8, 4) is 22.8 Å². The van der Waals surface area contributed by atoms with Gasteiger partial charge >= 0.3 is 0 Å². The van der Waals surface area contributed by atoms with Crippen LogP contribution in [0.2, 0.25) is 0 Å². The lowest BCUT2D eigenvalue weighted by molar-refractivity contribution is 0.411. The number of halogens is 1. The van der Waals surface area contributed by atoms with Crippen LogP contribution in [0.3, 0.4) is 0 Å². The van der Waals surface area contributed by atoms with Crippen molar-refractivity contribution in [2.75, 3.05) is 14.2 Å². The highest BCUT2D eigenvalue weighted by Crippen LogP contribution is 2.26. The third-order valence-corrected chi connectivity index (χ3v) is 4.53. The molecule has 0 aliphatic carbocycles. The summed E-state index contributed by atoms with van der Waals surface area (Å²) in [5.41, 5.74) is 2.17. The minimum absolute atomic E-state index is 0.387. The largest absolute Gasteiger partial charge is 0.497 e. The Morgan fingerprint density at radius 1 is 0.929 bits per heavy atom. The van der Waals surface area contributed by atoms with Crippen LogP contribution in [-0.4, -0.2) is 33.8 Å². The smallest absolute Gasteiger partial charge is 0.252 e. The summed E-state index contributed by atoms with van der Waals surface area (Å²) in [5, 5.41) is 4.54. The Balaban J connectivity index is 1.61. The molecule has 4 rings (SSSR count). The highest BCUT2D eigenvalue weighted by Gasteiger charge is 2.14. The average Bonchev–Trinajstić information content (AvgIpc) is 3.16. The van der Waals surface area contributed by atoms with Gasteiger partial charge in [-0.1, -0.05) is 12.1 Å². The van der Waals surface area contributed by atoms with E-state index in [2.05, 4.69) is 15.1 Å². The zero-order valence-electron chi connectivity index (χ0n) is 15.6. The van der Waals surface area contributed by atoms with Crippen LogP contribution in [0.4, 0.5) is 4.39 Å². The Hall–Kier alpha value is -3.48. The Morgan fingerprint density at radius 3 is 2.39 bits per heavy atom. The van der Waals surface area contributed by atoms with Crippen LogP contribution < -0.4 is 9.47 Å². The maximum atomic E-state index is 14.5. The lowest BCUT2D eigenvalue weighted by atomic mass is 10.1. The van der Waals surface area contributed by atoms with Crippen LogP contribution >= 0.6 is 0 Å². The van der Waals surface area contributed by atoms with E-state index in [1.165, 1.54) is 13.2 Å². The highest BCUT2D eigenvalue weighted by atomic mass is 19.1. The second-order valence-electron chi connectivity index (χ2n) is 6.26. The molecule has 0 atom stereocenters. The molecule has 0 saturated heterocycles. The summed E-state index contributed by atoms with van der Waals surface area (Å²) >= 11 is 0. The summed E-state index contributed by atoms with van der Waals surface area (Å²) in [6.45, 7) is 0. The monoisotopic (exact) mass is 378 g/mol. The van der Waals surface area contributed by atoms with E-state index in [9.17, 15) is 4.39 Å². The normalized spacial score (nSPS) is 11.0. The maximum absolute atomic E-state index is 14.5. The quantitative estimate of drug-likeness (QED) is 0.512. The fourth-order valence-electron chi connectivity index (χ4n) is 3.02. The van der Waals surface area contributed by atoms with Crippen LogP contribution in [0.1, 0.15) is 11.4 Å². The number of hydrogen-bond donors (Lipinski definition) is 0.